The highest BCUT2D eigenvalue weighted by molar-refractivity contribution is 5.38. The van der Waals surface area contributed by atoms with Crippen LogP contribution in [0.4, 0.5) is 17.6 Å². The fraction of sp³-hybridized carbons (Fsp3) is 0.571. The van der Waals surface area contributed by atoms with E-state index in [9.17, 15) is 17.6 Å². The molecule has 14 heteroatoms. The van der Waals surface area contributed by atoms with Gasteiger partial charge in [-0.1, -0.05) is 0 Å². The number of rotatable bonds is 0. The molecule has 0 unspecified atom stereocenters. The third-order valence-corrected chi connectivity index (χ3v) is 5.44. The number of halogens is 4. The predicted molar refractivity (Wildman–Crippen MR) is 140 cm³/mol. The zero-order chi connectivity index (χ0) is 29.8. The summed E-state index contributed by atoms with van der Waals surface area (Å²) in [6.07, 6.45) is 0. The number of hydrogen-bond donors (Lipinski definition) is 0. The average Bonchev–Trinajstić information content (AvgIpc) is 3.00. The second-order valence-electron chi connectivity index (χ2n) is 8.45. The zero-order valence-corrected chi connectivity index (χ0v) is 23.2. The van der Waals surface area contributed by atoms with E-state index in [0.717, 1.165) is 0 Å². The molecule has 4 aliphatic heterocycles. The van der Waals surface area contributed by atoms with Crippen LogP contribution in [0.5, 0.6) is 23.0 Å². The quantitative estimate of drug-likeness (QED) is 0.327. The van der Waals surface area contributed by atoms with Crippen molar-refractivity contribution >= 4 is 0 Å². The Morgan fingerprint density at radius 3 is 0.786 bits per heavy atom. The molecule has 0 saturated heterocycles. The predicted octanol–water partition coefficient (Wildman–Crippen LogP) is 3.57. The minimum atomic E-state index is -1.71. The zero-order valence-electron chi connectivity index (χ0n) is 23.2. The van der Waals surface area contributed by atoms with Crippen LogP contribution in [0.25, 0.3) is 0 Å². The van der Waals surface area contributed by atoms with Crippen molar-refractivity contribution in [3.8, 4) is 23.0 Å². The standard InChI is InChI=1S/C28H36F4O10/c29-23-25(31)28-26(32)24(30)27(23)41-19-15-37-11-7-33-5-9-35-13-17-39-21-1-2-22(4-3-21)40-18-14-36-10-6-34-8-12-38-16-20-42-28/h1-4H,5-20H2. The second kappa shape index (κ2) is 20.1. The molecule has 0 amide bonds. The molecule has 10 nitrogen and oxygen atoms in total. The first-order chi connectivity index (χ1) is 20.6. The molecule has 0 radical (unpaired) electrons. The largest absolute Gasteiger partial charge is 0.491 e. The van der Waals surface area contributed by atoms with E-state index in [0.29, 0.717) is 64.4 Å². The normalized spacial score (nSPS) is 18.6. The van der Waals surface area contributed by atoms with Gasteiger partial charge in [0.15, 0.2) is 11.5 Å². The molecule has 0 aliphatic carbocycles. The smallest absolute Gasteiger partial charge is 0.207 e. The summed E-state index contributed by atoms with van der Waals surface area (Å²) in [5.74, 6) is -7.88. The van der Waals surface area contributed by atoms with Crippen molar-refractivity contribution < 1.29 is 64.9 Å². The van der Waals surface area contributed by atoms with Gasteiger partial charge < -0.3 is 47.4 Å². The molecule has 0 spiro atoms. The van der Waals surface area contributed by atoms with Crippen LogP contribution < -0.4 is 18.9 Å². The van der Waals surface area contributed by atoms with E-state index in [1.165, 1.54) is 0 Å². The molecular formula is C28H36F4O10. The molecule has 42 heavy (non-hydrogen) atoms. The topological polar surface area (TPSA) is 92.3 Å². The van der Waals surface area contributed by atoms with E-state index >= 15 is 0 Å². The van der Waals surface area contributed by atoms with Gasteiger partial charge in [-0.3, -0.25) is 0 Å². The van der Waals surface area contributed by atoms with Crippen molar-refractivity contribution in [3.63, 3.8) is 0 Å². The van der Waals surface area contributed by atoms with Crippen LogP contribution in [0, 0.1) is 23.3 Å². The fourth-order valence-corrected chi connectivity index (χ4v) is 3.40. The van der Waals surface area contributed by atoms with Crippen LogP contribution in [-0.2, 0) is 28.4 Å². The summed E-state index contributed by atoms with van der Waals surface area (Å²) in [4.78, 5) is 0. The maximum atomic E-state index is 14.3. The lowest BCUT2D eigenvalue weighted by molar-refractivity contribution is 0.00399. The summed E-state index contributed by atoms with van der Waals surface area (Å²) in [7, 11) is 0. The highest BCUT2D eigenvalue weighted by Gasteiger charge is 2.28. The molecule has 236 valence electrons. The Balaban J connectivity index is 1.43. The van der Waals surface area contributed by atoms with Crippen molar-refractivity contribution in [1.29, 1.82) is 0 Å². The van der Waals surface area contributed by atoms with Gasteiger partial charge in [-0.15, -0.1) is 0 Å². The highest BCUT2D eigenvalue weighted by Crippen LogP contribution is 2.34. The molecule has 2 aromatic rings. The Morgan fingerprint density at radius 2 is 0.524 bits per heavy atom. The van der Waals surface area contributed by atoms with Crippen molar-refractivity contribution in [3.05, 3.63) is 47.5 Å². The third-order valence-electron chi connectivity index (χ3n) is 5.44. The Morgan fingerprint density at radius 1 is 0.310 bits per heavy atom. The molecule has 0 saturated carbocycles. The molecule has 0 aromatic heterocycles. The Kier molecular flexibility index (Phi) is 16.1. The second-order valence-corrected chi connectivity index (χ2v) is 8.45. The van der Waals surface area contributed by atoms with Gasteiger partial charge in [-0.05, 0) is 24.3 Å². The van der Waals surface area contributed by atoms with Crippen molar-refractivity contribution in [1.82, 2.24) is 0 Å². The Hall–Kier alpha value is -2.88. The summed E-state index contributed by atoms with van der Waals surface area (Å²) in [5.41, 5.74) is 0. The van der Waals surface area contributed by atoms with Gasteiger partial charge in [0.25, 0.3) is 0 Å². The first-order valence-electron chi connectivity index (χ1n) is 13.5. The molecule has 4 heterocycles. The molecule has 0 fully saturated rings. The summed E-state index contributed by atoms with van der Waals surface area (Å²) < 4.78 is 110. The van der Waals surface area contributed by atoms with Crippen LogP contribution in [0.3, 0.4) is 0 Å². The van der Waals surface area contributed by atoms with Gasteiger partial charge in [-0.25, -0.2) is 0 Å². The van der Waals surface area contributed by atoms with Crippen LogP contribution >= 0.6 is 0 Å². The molecule has 4 bridgehead atoms. The molecule has 6 rings (SSSR count). The van der Waals surface area contributed by atoms with E-state index in [4.69, 9.17) is 47.4 Å². The van der Waals surface area contributed by atoms with E-state index in [2.05, 4.69) is 0 Å². The SMILES string of the molecule is Fc1c(F)c2c(F)c(F)c1OCCOCCOCCOCCOc1ccc(cc1)OCCOCCOCCOCCO2. The van der Waals surface area contributed by atoms with Crippen LogP contribution in [0.2, 0.25) is 0 Å². The minimum absolute atomic E-state index is 0.0985. The first kappa shape index (κ1) is 33.6. The van der Waals surface area contributed by atoms with Crippen molar-refractivity contribution in [2.24, 2.45) is 0 Å². The van der Waals surface area contributed by atoms with Gasteiger partial charge in [0.2, 0.25) is 23.3 Å². The average molecular weight is 609 g/mol. The summed E-state index contributed by atoms with van der Waals surface area (Å²) in [5, 5.41) is 0. The maximum Gasteiger partial charge on any atom is 0.207 e. The molecule has 2 aromatic carbocycles. The number of hydrogen-bond acceptors (Lipinski definition) is 10. The van der Waals surface area contributed by atoms with Crippen LogP contribution in [-0.4, -0.2) is 106 Å². The Labute approximate surface area is 241 Å². The van der Waals surface area contributed by atoms with Gasteiger partial charge in [0.05, 0.1) is 79.3 Å². The highest BCUT2D eigenvalue weighted by atomic mass is 19.2. The number of ether oxygens (including phenoxy) is 10. The number of benzene rings is 2. The monoisotopic (exact) mass is 608 g/mol. The summed E-state index contributed by atoms with van der Waals surface area (Å²) in [6, 6.07) is 7.21. The van der Waals surface area contributed by atoms with Gasteiger partial charge in [0.1, 0.15) is 37.9 Å². The molecular weight excluding hydrogens is 572 g/mol. The lowest BCUT2D eigenvalue weighted by Gasteiger charge is -2.14. The van der Waals surface area contributed by atoms with Gasteiger partial charge in [0, 0.05) is 0 Å². The molecule has 0 N–H and O–H groups in total. The van der Waals surface area contributed by atoms with E-state index in [1.54, 1.807) is 24.3 Å². The lowest BCUT2D eigenvalue weighted by atomic mass is 10.2. The molecule has 0 atom stereocenters. The van der Waals surface area contributed by atoms with Crippen LogP contribution in [0.1, 0.15) is 0 Å². The van der Waals surface area contributed by atoms with Gasteiger partial charge in [-0.2, -0.15) is 17.6 Å². The lowest BCUT2D eigenvalue weighted by Crippen LogP contribution is -2.16. The van der Waals surface area contributed by atoms with Gasteiger partial charge >= 0.3 is 0 Å². The third kappa shape index (κ3) is 12.2. The summed E-state index contributed by atoms with van der Waals surface area (Å²) >= 11 is 0. The fourth-order valence-electron chi connectivity index (χ4n) is 3.40. The van der Waals surface area contributed by atoms with E-state index < -0.39 is 34.8 Å². The maximum absolute atomic E-state index is 14.3. The Bertz CT molecular complexity index is 920. The van der Waals surface area contributed by atoms with E-state index in [-0.39, 0.29) is 52.9 Å². The first-order valence-corrected chi connectivity index (χ1v) is 13.5. The molecule has 4 aliphatic rings. The van der Waals surface area contributed by atoms with Crippen molar-refractivity contribution in [2.45, 2.75) is 0 Å². The van der Waals surface area contributed by atoms with Crippen molar-refractivity contribution in [2.75, 3.05) is 106 Å². The van der Waals surface area contributed by atoms with E-state index in [1.807, 2.05) is 0 Å². The summed E-state index contributed by atoms with van der Waals surface area (Å²) in [6.45, 7) is 2.65. The minimum Gasteiger partial charge on any atom is -0.491 e. The van der Waals surface area contributed by atoms with Crippen LogP contribution in [0.15, 0.2) is 24.3 Å².